The molecule has 0 bridgehead atoms. The van der Waals surface area contributed by atoms with Gasteiger partial charge >= 0.3 is 0 Å². The fourth-order valence-electron chi connectivity index (χ4n) is 4.03. The number of pyridine rings is 1. The molecule has 6 nitrogen and oxygen atoms in total. The van der Waals surface area contributed by atoms with Gasteiger partial charge in [0, 0.05) is 30.4 Å². The molecule has 1 saturated carbocycles. The molecule has 1 aromatic heterocycles. The minimum Gasteiger partial charge on any atom is -0.367 e. The molecule has 144 valence electrons. The van der Waals surface area contributed by atoms with Crippen LogP contribution < -0.4 is 5.32 Å². The lowest BCUT2D eigenvalue weighted by atomic mass is 10.1. The van der Waals surface area contributed by atoms with Gasteiger partial charge in [0.1, 0.15) is 5.82 Å². The molecular weight excluding hydrogens is 350 g/mol. The van der Waals surface area contributed by atoms with Crippen molar-refractivity contribution >= 4 is 21.6 Å². The van der Waals surface area contributed by atoms with Crippen molar-refractivity contribution in [2.24, 2.45) is 0 Å². The number of nitrogens with one attached hydrogen (secondary N) is 1. The summed E-state index contributed by atoms with van der Waals surface area (Å²) in [5.41, 5.74) is 0.572. The van der Waals surface area contributed by atoms with Gasteiger partial charge in [-0.15, -0.1) is 0 Å². The van der Waals surface area contributed by atoms with Crippen LogP contribution in [0.25, 0.3) is 0 Å². The van der Waals surface area contributed by atoms with Crippen LogP contribution >= 0.6 is 0 Å². The first-order valence-corrected chi connectivity index (χ1v) is 11.5. The summed E-state index contributed by atoms with van der Waals surface area (Å²) in [7, 11) is -3.02. The zero-order valence-corrected chi connectivity index (χ0v) is 16.3. The number of sulfone groups is 1. The van der Waals surface area contributed by atoms with Gasteiger partial charge in [-0.3, -0.25) is 4.79 Å². The Bertz CT molecular complexity index is 727. The van der Waals surface area contributed by atoms with Crippen LogP contribution in [0.3, 0.4) is 0 Å². The number of rotatable bonds is 5. The lowest BCUT2D eigenvalue weighted by molar-refractivity contribution is 0.0708. The van der Waals surface area contributed by atoms with Crippen molar-refractivity contribution in [2.45, 2.75) is 64.0 Å². The number of nitrogens with zero attached hydrogens (tertiary/aromatic N) is 2. The smallest absolute Gasteiger partial charge is 0.254 e. The molecule has 2 heterocycles. The first-order valence-electron chi connectivity index (χ1n) is 9.72. The van der Waals surface area contributed by atoms with Crippen molar-refractivity contribution < 1.29 is 13.2 Å². The number of carbonyl (C=O) groups excluding carboxylic acids is 1. The average Bonchev–Trinajstić information content (AvgIpc) is 2.82. The monoisotopic (exact) mass is 379 g/mol. The van der Waals surface area contributed by atoms with E-state index in [0.717, 1.165) is 18.7 Å². The highest BCUT2D eigenvalue weighted by molar-refractivity contribution is 7.91. The largest absolute Gasteiger partial charge is 0.367 e. The number of carbonyl (C=O) groups is 1. The molecule has 1 amide bonds. The molecule has 26 heavy (non-hydrogen) atoms. The summed E-state index contributed by atoms with van der Waals surface area (Å²) in [4.78, 5) is 19.0. The SMILES string of the molecule is CCN(C(=O)c1ccnc(NC2CCCCCC2)c1)C1CCS(=O)(=O)C1. The Morgan fingerprint density at radius 3 is 2.58 bits per heavy atom. The molecule has 1 aromatic rings. The Balaban J connectivity index is 1.70. The van der Waals surface area contributed by atoms with E-state index in [-0.39, 0.29) is 23.5 Å². The second kappa shape index (κ2) is 8.37. The van der Waals surface area contributed by atoms with Crippen LogP contribution in [0, 0.1) is 0 Å². The van der Waals surface area contributed by atoms with Gasteiger partial charge in [0.15, 0.2) is 9.84 Å². The zero-order chi connectivity index (χ0) is 18.6. The first-order chi connectivity index (χ1) is 12.5. The van der Waals surface area contributed by atoms with Gasteiger partial charge < -0.3 is 10.2 Å². The molecule has 1 aliphatic heterocycles. The molecule has 1 aliphatic carbocycles. The molecule has 0 aromatic carbocycles. The second-order valence-electron chi connectivity index (χ2n) is 7.41. The molecule has 1 saturated heterocycles. The Labute approximate surface area is 156 Å². The van der Waals surface area contributed by atoms with E-state index in [2.05, 4.69) is 10.3 Å². The maximum absolute atomic E-state index is 12.9. The van der Waals surface area contributed by atoms with Crippen LogP contribution in [0.4, 0.5) is 5.82 Å². The number of aromatic nitrogens is 1. The minimum atomic E-state index is -3.02. The highest BCUT2D eigenvalue weighted by atomic mass is 32.2. The summed E-state index contributed by atoms with van der Waals surface area (Å²) in [5.74, 6) is 0.871. The average molecular weight is 380 g/mol. The highest BCUT2D eigenvalue weighted by Gasteiger charge is 2.34. The summed E-state index contributed by atoms with van der Waals surface area (Å²) in [6, 6.07) is 3.72. The van der Waals surface area contributed by atoms with E-state index in [1.165, 1.54) is 25.7 Å². The molecule has 2 aliphatic rings. The third-order valence-electron chi connectivity index (χ3n) is 5.46. The predicted molar refractivity (Wildman–Crippen MR) is 103 cm³/mol. The molecule has 1 N–H and O–H groups in total. The topological polar surface area (TPSA) is 79.4 Å². The number of anilines is 1. The fraction of sp³-hybridized carbons (Fsp3) is 0.684. The minimum absolute atomic E-state index is 0.0743. The summed E-state index contributed by atoms with van der Waals surface area (Å²) in [6.07, 6.45) is 9.51. The van der Waals surface area contributed by atoms with Crippen molar-refractivity contribution in [1.82, 2.24) is 9.88 Å². The third kappa shape index (κ3) is 4.75. The van der Waals surface area contributed by atoms with Gasteiger partial charge in [-0.2, -0.15) is 0 Å². The van der Waals surface area contributed by atoms with E-state index in [1.54, 1.807) is 23.2 Å². The Morgan fingerprint density at radius 2 is 1.96 bits per heavy atom. The summed E-state index contributed by atoms with van der Waals surface area (Å²) in [5, 5.41) is 3.48. The molecule has 0 spiro atoms. The van der Waals surface area contributed by atoms with Crippen LogP contribution in [0.5, 0.6) is 0 Å². The molecule has 2 fully saturated rings. The van der Waals surface area contributed by atoms with Crippen molar-refractivity contribution in [3.8, 4) is 0 Å². The summed E-state index contributed by atoms with van der Waals surface area (Å²) in [6.45, 7) is 2.40. The van der Waals surface area contributed by atoms with E-state index in [4.69, 9.17) is 0 Å². The van der Waals surface area contributed by atoms with Crippen molar-refractivity contribution in [2.75, 3.05) is 23.4 Å². The van der Waals surface area contributed by atoms with E-state index in [9.17, 15) is 13.2 Å². The Kier molecular flexibility index (Phi) is 6.16. The van der Waals surface area contributed by atoms with Crippen LogP contribution in [-0.2, 0) is 9.84 Å². The predicted octanol–water partition coefficient (Wildman–Crippen LogP) is 2.87. The van der Waals surface area contributed by atoms with E-state index in [1.807, 2.05) is 6.92 Å². The fourth-order valence-corrected chi connectivity index (χ4v) is 5.76. The van der Waals surface area contributed by atoms with Gasteiger partial charge in [0.05, 0.1) is 11.5 Å². The number of hydrogen-bond donors (Lipinski definition) is 1. The van der Waals surface area contributed by atoms with E-state index >= 15 is 0 Å². The summed E-state index contributed by atoms with van der Waals surface area (Å²) < 4.78 is 23.5. The Morgan fingerprint density at radius 1 is 1.23 bits per heavy atom. The van der Waals surface area contributed by atoms with E-state index in [0.29, 0.717) is 24.6 Å². The molecule has 0 radical (unpaired) electrons. The standard InChI is InChI=1S/C19H29N3O3S/c1-2-22(17-10-12-26(24,25)14-17)19(23)15-9-11-20-18(13-15)21-16-7-5-3-4-6-8-16/h9,11,13,16-17H,2-8,10,12,14H2,1H3,(H,20,21). The summed E-state index contributed by atoms with van der Waals surface area (Å²) >= 11 is 0. The van der Waals surface area contributed by atoms with Crippen LogP contribution in [0.15, 0.2) is 18.3 Å². The molecule has 1 atom stereocenters. The first kappa shape index (κ1) is 19.1. The van der Waals surface area contributed by atoms with Crippen molar-refractivity contribution in [3.63, 3.8) is 0 Å². The lowest BCUT2D eigenvalue weighted by Gasteiger charge is -2.27. The number of amides is 1. The van der Waals surface area contributed by atoms with Gasteiger partial charge in [-0.1, -0.05) is 25.7 Å². The lowest BCUT2D eigenvalue weighted by Crippen LogP contribution is -2.41. The van der Waals surface area contributed by atoms with Crippen molar-refractivity contribution in [1.29, 1.82) is 0 Å². The number of hydrogen-bond acceptors (Lipinski definition) is 5. The van der Waals surface area contributed by atoms with E-state index < -0.39 is 9.84 Å². The van der Waals surface area contributed by atoms with Crippen LogP contribution in [-0.4, -0.2) is 54.3 Å². The normalized spacial score (nSPS) is 23.3. The van der Waals surface area contributed by atoms with Crippen molar-refractivity contribution in [3.05, 3.63) is 23.9 Å². The van der Waals surface area contributed by atoms with Gasteiger partial charge in [0.25, 0.3) is 5.91 Å². The van der Waals surface area contributed by atoms with Crippen LogP contribution in [0.2, 0.25) is 0 Å². The van der Waals surface area contributed by atoms with Gasteiger partial charge in [0.2, 0.25) is 0 Å². The molecule has 1 unspecified atom stereocenters. The van der Waals surface area contributed by atoms with Gasteiger partial charge in [-0.25, -0.2) is 13.4 Å². The second-order valence-corrected chi connectivity index (χ2v) is 9.64. The molecular formula is C19H29N3O3S. The van der Waals surface area contributed by atoms with Gasteiger partial charge in [-0.05, 0) is 38.3 Å². The van der Waals surface area contributed by atoms with Crippen LogP contribution in [0.1, 0.15) is 62.2 Å². The highest BCUT2D eigenvalue weighted by Crippen LogP contribution is 2.23. The maximum atomic E-state index is 12.9. The Hall–Kier alpha value is -1.63. The molecule has 3 rings (SSSR count). The quantitative estimate of drug-likeness (QED) is 0.796. The zero-order valence-electron chi connectivity index (χ0n) is 15.5. The third-order valence-corrected chi connectivity index (χ3v) is 7.22. The maximum Gasteiger partial charge on any atom is 0.254 e. The molecule has 7 heteroatoms.